The average molecular weight is 247 g/mol. The second kappa shape index (κ2) is 6.38. The van der Waals surface area contributed by atoms with Gasteiger partial charge in [0.05, 0.1) is 0 Å². The molecule has 17 heavy (non-hydrogen) atoms. The minimum Gasteiger partial charge on any atom is -0.312 e. The van der Waals surface area contributed by atoms with Crippen molar-refractivity contribution in [1.82, 2.24) is 10.3 Å². The van der Waals surface area contributed by atoms with Gasteiger partial charge >= 0.3 is 0 Å². The average Bonchev–Trinajstić information content (AvgIpc) is 2.38. The number of rotatable bonds is 5. The van der Waals surface area contributed by atoms with Crippen molar-refractivity contribution < 1.29 is 0 Å². The number of nitrogens with one attached hydrogen (secondary N) is 1. The number of pyridine rings is 1. The largest absolute Gasteiger partial charge is 0.312 e. The lowest BCUT2D eigenvalue weighted by molar-refractivity contribution is 0.686. The van der Waals surface area contributed by atoms with E-state index in [1.54, 1.807) is 0 Å². The number of benzene rings is 1. The molecule has 0 aliphatic rings. The summed E-state index contributed by atoms with van der Waals surface area (Å²) in [7, 11) is 0. The SMILES string of the molecule is Clc1ccc(CCNCc2ccncc2)cc1. The van der Waals surface area contributed by atoms with Gasteiger partial charge < -0.3 is 5.32 Å². The van der Waals surface area contributed by atoms with Crippen molar-refractivity contribution in [2.45, 2.75) is 13.0 Å². The maximum atomic E-state index is 5.83. The van der Waals surface area contributed by atoms with Crippen molar-refractivity contribution in [2.75, 3.05) is 6.54 Å². The van der Waals surface area contributed by atoms with E-state index in [0.29, 0.717) is 0 Å². The molecule has 2 rings (SSSR count). The quantitative estimate of drug-likeness (QED) is 0.821. The highest BCUT2D eigenvalue weighted by atomic mass is 35.5. The van der Waals surface area contributed by atoms with Gasteiger partial charge in [-0.25, -0.2) is 0 Å². The Balaban J connectivity index is 1.71. The van der Waals surface area contributed by atoms with E-state index in [2.05, 4.69) is 22.4 Å². The van der Waals surface area contributed by atoms with E-state index in [4.69, 9.17) is 11.6 Å². The Morgan fingerprint density at radius 1 is 0.941 bits per heavy atom. The molecule has 1 aromatic heterocycles. The van der Waals surface area contributed by atoms with Gasteiger partial charge in [-0.2, -0.15) is 0 Å². The highest BCUT2D eigenvalue weighted by Crippen LogP contribution is 2.09. The second-order valence-corrected chi connectivity index (χ2v) is 4.35. The standard InChI is InChI=1S/C14H15ClN2/c15-14-3-1-12(2-4-14)5-10-17-11-13-6-8-16-9-7-13/h1-4,6-9,17H,5,10-11H2. The molecule has 0 unspecified atom stereocenters. The van der Waals surface area contributed by atoms with Crippen molar-refractivity contribution in [3.05, 3.63) is 64.9 Å². The Kier molecular flexibility index (Phi) is 4.54. The summed E-state index contributed by atoms with van der Waals surface area (Å²) < 4.78 is 0. The summed E-state index contributed by atoms with van der Waals surface area (Å²) in [6.07, 6.45) is 4.65. The summed E-state index contributed by atoms with van der Waals surface area (Å²) >= 11 is 5.83. The molecule has 1 aromatic carbocycles. The maximum Gasteiger partial charge on any atom is 0.0406 e. The molecule has 88 valence electrons. The van der Waals surface area contributed by atoms with Crippen LogP contribution in [0.25, 0.3) is 0 Å². The summed E-state index contributed by atoms with van der Waals surface area (Å²) in [6.45, 7) is 1.85. The molecule has 2 nitrogen and oxygen atoms in total. The van der Waals surface area contributed by atoms with E-state index < -0.39 is 0 Å². The highest BCUT2D eigenvalue weighted by molar-refractivity contribution is 6.30. The number of hydrogen-bond acceptors (Lipinski definition) is 2. The van der Waals surface area contributed by atoms with Crippen LogP contribution < -0.4 is 5.32 Å². The molecular formula is C14H15ClN2. The molecule has 0 saturated carbocycles. The zero-order valence-corrected chi connectivity index (χ0v) is 10.3. The molecule has 0 atom stereocenters. The molecule has 1 heterocycles. The van der Waals surface area contributed by atoms with E-state index in [1.807, 2.05) is 36.7 Å². The van der Waals surface area contributed by atoms with Crippen molar-refractivity contribution in [3.8, 4) is 0 Å². The molecule has 0 amide bonds. The van der Waals surface area contributed by atoms with Crippen LogP contribution in [0.15, 0.2) is 48.8 Å². The third-order valence-corrected chi connectivity index (χ3v) is 2.83. The summed E-state index contributed by atoms with van der Waals surface area (Å²) in [6, 6.07) is 12.0. The van der Waals surface area contributed by atoms with E-state index >= 15 is 0 Å². The summed E-state index contributed by atoms with van der Waals surface area (Å²) in [4.78, 5) is 3.99. The normalized spacial score (nSPS) is 10.4. The minimum atomic E-state index is 0.790. The number of nitrogens with zero attached hydrogens (tertiary/aromatic N) is 1. The Morgan fingerprint density at radius 2 is 1.65 bits per heavy atom. The van der Waals surface area contributed by atoms with Crippen LogP contribution >= 0.6 is 11.6 Å². The third-order valence-electron chi connectivity index (χ3n) is 2.58. The van der Waals surface area contributed by atoms with Gasteiger partial charge in [0.2, 0.25) is 0 Å². The number of aromatic nitrogens is 1. The molecule has 2 aromatic rings. The Hall–Kier alpha value is -1.38. The van der Waals surface area contributed by atoms with Crippen LogP contribution in [-0.2, 0) is 13.0 Å². The molecule has 0 aliphatic heterocycles. The lowest BCUT2D eigenvalue weighted by Gasteiger charge is -2.05. The maximum absolute atomic E-state index is 5.83. The van der Waals surface area contributed by atoms with Crippen molar-refractivity contribution in [1.29, 1.82) is 0 Å². The van der Waals surface area contributed by atoms with Crippen molar-refractivity contribution >= 4 is 11.6 Å². The molecule has 0 radical (unpaired) electrons. The summed E-state index contributed by atoms with van der Waals surface area (Å²) in [5.41, 5.74) is 2.56. The van der Waals surface area contributed by atoms with Crippen molar-refractivity contribution in [3.63, 3.8) is 0 Å². The lowest BCUT2D eigenvalue weighted by atomic mass is 10.1. The number of hydrogen-bond donors (Lipinski definition) is 1. The predicted molar refractivity (Wildman–Crippen MR) is 71.1 cm³/mol. The van der Waals surface area contributed by atoms with Gasteiger partial charge in [-0.1, -0.05) is 23.7 Å². The molecule has 3 heteroatoms. The first-order valence-electron chi connectivity index (χ1n) is 5.68. The van der Waals surface area contributed by atoms with Gasteiger partial charge in [-0.3, -0.25) is 4.98 Å². The van der Waals surface area contributed by atoms with Crippen LogP contribution in [0.4, 0.5) is 0 Å². The monoisotopic (exact) mass is 246 g/mol. The van der Waals surface area contributed by atoms with E-state index in [0.717, 1.165) is 24.5 Å². The topological polar surface area (TPSA) is 24.9 Å². The van der Waals surface area contributed by atoms with E-state index in [-0.39, 0.29) is 0 Å². The Bertz CT molecular complexity index is 440. The van der Waals surface area contributed by atoms with E-state index in [1.165, 1.54) is 11.1 Å². The molecule has 0 fully saturated rings. The van der Waals surface area contributed by atoms with Gasteiger partial charge in [-0.05, 0) is 48.4 Å². The van der Waals surface area contributed by atoms with E-state index in [9.17, 15) is 0 Å². The van der Waals surface area contributed by atoms with Gasteiger partial charge in [0.25, 0.3) is 0 Å². The van der Waals surface area contributed by atoms with Crippen LogP contribution in [0.2, 0.25) is 5.02 Å². The van der Waals surface area contributed by atoms with Gasteiger partial charge in [-0.15, -0.1) is 0 Å². The third kappa shape index (κ3) is 4.17. The zero-order chi connectivity index (χ0) is 11.9. The van der Waals surface area contributed by atoms with Crippen molar-refractivity contribution in [2.24, 2.45) is 0 Å². The zero-order valence-electron chi connectivity index (χ0n) is 9.57. The van der Waals surface area contributed by atoms with Crippen LogP contribution in [0.1, 0.15) is 11.1 Å². The van der Waals surface area contributed by atoms with Gasteiger partial charge in [0, 0.05) is 24.0 Å². The van der Waals surface area contributed by atoms with Crippen LogP contribution in [0.5, 0.6) is 0 Å². The van der Waals surface area contributed by atoms with Crippen LogP contribution in [0.3, 0.4) is 0 Å². The highest BCUT2D eigenvalue weighted by Gasteiger charge is 1.94. The molecule has 0 spiro atoms. The first-order valence-corrected chi connectivity index (χ1v) is 6.06. The molecule has 0 bridgehead atoms. The molecule has 0 aliphatic carbocycles. The van der Waals surface area contributed by atoms with Gasteiger partial charge in [0.1, 0.15) is 0 Å². The molecular weight excluding hydrogens is 232 g/mol. The van der Waals surface area contributed by atoms with Crippen LogP contribution in [-0.4, -0.2) is 11.5 Å². The fourth-order valence-corrected chi connectivity index (χ4v) is 1.74. The van der Waals surface area contributed by atoms with Crippen LogP contribution in [0, 0.1) is 0 Å². The smallest absolute Gasteiger partial charge is 0.0406 e. The Labute approximate surface area is 107 Å². The first kappa shape index (κ1) is 12.1. The lowest BCUT2D eigenvalue weighted by Crippen LogP contribution is -2.16. The Morgan fingerprint density at radius 3 is 2.35 bits per heavy atom. The second-order valence-electron chi connectivity index (χ2n) is 3.91. The predicted octanol–water partition coefficient (Wildman–Crippen LogP) is 3.07. The summed E-state index contributed by atoms with van der Waals surface area (Å²) in [5.74, 6) is 0. The molecule has 0 saturated heterocycles. The minimum absolute atomic E-state index is 0.790. The number of halogens is 1. The fraction of sp³-hybridized carbons (Fsp3) is 0.214. The summed E-state index contributed by atoms with van der Waals surface area (Å²) in [5, 5.41) is 4.19. The van der Waals surface area contributed by atoms with Gasteiger partial charge in [0.15, 0.2) is 0 Å². The first-order chi connectivity index (χ1) is 8.34. The fourth-order valence-electron chi connectivity index (χ4n) is 1.62. The molecule has 1 N–H and O–H groups in total.